The van der Waals surface area contributed by atoms with Gasteiger partial charge in [0.15, 0.2) is 0 Å². The predicted molar refractivity (Wildman–Crippen MR) is 143 cm³/mol. The molecule has 37 heavy (non-hydrogen) atoms. The number of nitrogens with one attached hydrogen (secondary N) is 1. The normalized spacial score (nSPS) is 25.9. The van der Waals surface area contributed by atoms with Crippen LogP contribution in [-0.2, 0) is 14.6 Å². The summed E-state index contributed by atoms with van der Waals surface area (Å²) in [5.74, 6) is -0.989. The van der Waals surface area contributed by atoms with E-state index in [0.29, 0.717) is 51.6 Å². The number of hydrogen-bond acceptors (Lipinski definition) is 7. The molecule has 3 fully saturated rings. The van der Waals surface area contributed by atoms with Gasteiger partial charge in [-0.15, -0.1) is 11.3 Å². The quantitative estimate of drug-likeness (QED) is 0.573. The lowest BCUT2D eigenvalue weighted by atomic mass is 9.75. The highest BCUT2D eigenvalue weighted by atomic mass is 32.2. The van der Waals surface area contributed by atoms with Crippen molar-refractivity contribution in [1.82, 2.24) is 10.3 Å². The Morgan fingerprint density at radius 3 is 2.46 bits per heavy atom. The molecule has 3 unspecified atom stereocenters. The second kappa shape index (κ2) is 9.99. The monoisotopic (exact) mass is 544 g/mol. The maximum absolute atomic E-state index is 14.5. The van der Waals surface area contributed by atoms with Crippen LogP contribution in [0, 0.1) is 24.2 Å². The van der Waals surface area contributed by atoms with E-state index in [1.807, 2.05) is 6.92 Å². The van der Waals surface area contributed by atoms with Crippen molar-refractivity contribution < 1.29 is 17.6 Å². The molecule has 1 amide bonds. The van der Waals surface area contributed by atoms with Crippen LogP contribution in [0.25, 0.3) is 10.4 Å². The topological polar surface area (TPSA) is 103 Å². The van der Waals surface area contributed by atoms with Gasteiger partial charge < -0.3 is 10.2 Å². The van der Waals surface area contributed by atoms with Crippen LogP contribution in [0.2, 0.25) is 0 Å². The van der Waals surface area contributed by atoms with Gasteiger partial charge in [0.05, 0.1) is 26.9 Å². The summed E-state index contributed by atoms with van der Waals surface area (Å²) in [6.45, 7) is 3.35. The van der Waals surface area contributed by atoms with Gasteiger partial charge in [0.2, 0.25) is 5.91 Å². The maximum Gasteiger partial charge on any atom is 0.225 e. The van der Waals surface area contributed by atoms with Gasteiger partial charge in [-0.1, -0.05) is 12.1 Å². The number of carbonyl (C=O) groups is 1. The summed E-state index contributed by atoms with van der Waals surface area (Å²) in [6, 6.07) is 10.4. The molecular formula is C27H33FN4O3S2. The number of rotatable bonds is 6. The second-order valence-electron chi connectivity index (χ2n) is 10.8. The zero-order valence-corrected chi connectivity index (χ0v) is 22.9. The van der Waals surface area contributed by atoms with Crippen molar-refractivity contribution >= 4 is 32.8 Å². The minimum atomic E-state index is -3.01. The maximum atomic E-state index is 14.5. The highest BCUT2D eigenvalue weighted by molar-refractivity contribution is 7.91. The third kappa shape index (κ3) is 5.53. The number of anilines is 1. The molecule has 1 N–H and O–H groups in total. The minimum absolute atomic E-state index is 0.149. The highest BCUT2D eigenvalue weighted by Crippen LogP contribution is 2.45. The number of amides is 1. The van der Waals surface area contributed by atoms with E-state index in [1.165, 1.54) is 6.26 Å². The lowest BCUT2D eigenvalue weighted by molar-refractivity contribution is -0.128. The molecule has 1 aromatic heterocycles. The fourth-order valence-corrected chi connectivity index (χ4v) is 7.78. The van der Waals surface area contributed by atoms with Crippen LogP contribution in [0.3, 0.4) is 0 Å². The molecule has 5 rings (SSSR count). The van der Waals surface area contributed by atoms with Gasteiger partial charge in [0.25, 0.3) is 0 Å². The van der Waals surface area contributed by atoms with Crippen molar-refractivity contribution in [1.29, 1.82) is 5.26 Å². The Morgan fingerprint density at radius 2 is 1.86 bits per heavy atom. The van der Waals surface area contributed by atoms with E-state index in [-0.39, 0.29) is 23.5 Å². The Hall–Kier alpha value is -2.51. The van der Waals surface area contributed by atoms with E-state index in [4.69, 9.17) is 4.98 Å². The highest BCUT2D eigenvalue weighted by Gasteiger charge is 2.48. The number of aryl methyl sites for hydroxylation is 1. The van der Waals surface area contributed by atoms with Crippen molar-refractivity contribution in [2.45, 2.75) is 74.7 Å². The molecule has 3 aliphatic rings. The van der Waals surface area contributed by atoms with Crippen molar-refractivity contribution in [3.05, 3.63) is 35.0 Å². The SMILES string of the molecule is Cc1nc(C2CCC(F)CC2C(=O)NC2(C#N)CC2)c(-c2ccc(N3CCC(S(C)(=O)=O)CC3)cc2)s1. The lowest BCUT2D eigenvalue weighted by Gasteiger charge is -2.33. The number of hydrogen-bond donors (Lipinski definition) is 1. The molecule has 7 nitrogen and oxygen atoms in total. The van der Waals surface area contributed by atoms with Crippen LogP contribution in [0.5, 0.6) is 0 Å². The summed E-state index contributed by atoms with van der Waals surface area (Å²) in [5.41, 5.74) is 2.13. The third-order valence-corrected chi connectivity index (χ3v) is 10.8. The number of carbonyl (C=O) groups excluding carboxylic acids is 1. The fourth-order valence-electron chi connectivity index (χ4n) is 5.72. The molecule has 2 aromatic rings. The number of nitrogens with zero attached hydrogens (tertiary/aromatic N) is 3. The fraction of sp³-hybridized carbons (Fsp3) is 0.593. The number of aromatic nitrogens is 1. The first-order chi connectivity index (χ1) is 17.6. The number of sulfone groups is 1. The first-order valence-corrected chi connectivity index (χ1v) is 15.7. The molecule has 1 aromatic carbocycles. The zero-order valence-electron chi connectivity index (χ0n) is 21.2. The number of benzene rings is 1. The summed E-state index contributed by atoms with van der Waals surface area (Å²) in [5, 5.41) is 12.9. The third-order valence-electron chi connectivity index (χ3n) is 8.10. The summed E-state index contributed by atoms with van der Waals surface area (Å²) in [7, 11) is -3.01. The van der Waals surface area contributed by atoms with Crippen LogP contribution in [0.4, 0.5) is 10.1 Å². The van der Waals surface area contributed by atoms with Crippen LogP contribution >= 0.6 is 11.3 Å². The Bertz CT molecular complexity index is 1310. The smallest absolute Gasteiger partial charge is 0.225 e. The number of nitriles is 1. The summed E-state index contributed by atoms with van der Waals surface area (Å²) in [4.78, 5) is 21.3. The Balaban J connectivity index is 1.36. The van der Waals surface area contributed by atoms with E-state index in [0.717, 1.165) is 26.8 Å². The molecule has 1 saturated heterocycles. The molecule has 0 radical (unpaired) electrons. The van der Waals surface area contributed by atoms with Gasteiger partial charge in [0.1, 0.15) is 21.5 Å². The molecule has 198 valence electrons. The van der Waals surface area contributed by atoms with Crippen LogP contribution in [0.1, 0.15) is 61.6 Å². The second-order valence-corrected chi connectivity index (χ2v) is 14.3. The van der Waals surface area contributed by atoms with Gasteiger partial charge in [-0.25, -0.2) is 17.8 Å². The average Bonchev–Trinajstić information content (AvgIpc) is 3.55. The van der Waals surface area contributed by atoms with Crippen LogP contribution in [0.15, 0.2) is 24.3 Å². The zero-order chi connectivity index (χ0) is 26.4. The Morgan fingerprint density at radius 1 is 1.19 bits per heavy atom. The summed E-state index contributed by atoms with van der Waals surface area (Å²) < 4.78 is 38.2. The predicted octanol–water partition coefficient (Wildman–Crippen LogP) is 4.53. The number of thiazole rings is 1. The van der Waals surface area contributed by atoms with Gasteiger partial charge in [0, 0.05) is 36.9 Å². The standard InChI is InChI=1S/C27H33FN4O3S2/c1-17-30-24(22-8-5-19(28)15-23(22)26(33)31-27(16-29)11-12-27)25(36-17)18-3-6-20(7-4-18)32-13-9-21(10-14-32)37(2,34)35/h3-4,6-7,19,21-23H,5,8-15H2,1-2H3,(H,31,33). The Labute approximate surface area is 222 Å². The van der Waals surface area contributed by atoms with Gasteiger partial charge in [-0.3, -0.25) is 4.79 Å². The minimum Gasteiger partial charge on any atom is -0.371 e. The molecule has 10 heteroatoms. The molecule has 1 aliphatic heterocycles. The van der Waals surface area contributed by atoms with Crippen LogP contribution < -0.4 is 10.2 Å². The van der Waals surface area contributed by atoms with Crippen molar-refractivity contribution in [2.24, 2.45) is 5.92 Å². The lowest BCUT2D eigenvalue weighted by Crippen LogP contribution is -2.44. The molecule has 0 bridgehead atoms. The largest absolute Gasteiger partial charge is 0.371 e. The number of alkyl halides is 1. The van der Waals surface area contributed by atoms with E-state index in [9.17, 15) is 22.9 Å². The summed E-state index contributed by atoms with van der Waals surface area (Å²) in [6.07, 6.45) is 3.93. The summed E-state index contributed by atoms with van der Waals surface area (Å²) >= 11 is 1.58. The average molecular weight is 545 g/mol. The Kier molecular flexibility index (Phi) is 7.05. The molecule has 0 spiro atoms. The van der Waals surface area contributed by atoms with Gasteiger partial charge in [-0.2, -0.15) is 5.26 Å². The molecular weight excluding hydrogens is 511 g/mol. The number of piperidine rings is 1. The van der Waals surface area contributed by atoms with E-state index >= 15 is 0 Å². The number of halogens is 1. The van der Waals surface area contributed by atoms with E-state index in [1.54, 1.807) is 11.3 Å². The molecule has 2 heterocycles. The molecule has 2 aliphatic carbocycles. The van der Waals surface area contributed by atoms with Crippen molar-refractivity contribution in [3.8, 4) is 16.5 Å². The molecule has 3 atom stereocenters. The van der Waals surface area contributed by atoms with E-state index in [2.05, 4.69) is 40.6 Å². The van der Waals surface area contributed by atoms with Crippen molar-refractivity contribution in [2.75, 3.05) is 24.2 Å². The van der Waals surface area contributed by atoms with Crippen molar-refractivity contribution in [3.63, 3.8) is 0 Å². The first-order valence-electron chi connectivity index (χ1n) is 13.0. The van der Waals surface area contributed by atoms with Crippen LogP contribution in [-0.4, -0.2) is 55.6 Å². The van der Waals surface area contributed by atoms with E-state index < -0.39 is 27.5 Å². The molecule has 2 saturated carbocycles. The first kappa shape index (κ1) is 26.1. The van der Waals surface area contributed by atoms with Gasteiger partial charge >= 0.3 is 0 Å². The van der Waals surface area contributed by atoms with Gasteiger partial charge in [-0.05, 0) is 69.6 Å².